The second-order valence-electron chi connectivity index (χ2n) is 7.49. The Labute approximate surface area is 176 Å². The molecule has 0 aliphatic carbocycles. The van der Waals surface area contributed by atoms with Crippen LogP contribution in [0.5, 0.6) is 0 Å². The Morgan fingerprint density at radius 3 is 1.37 bits per heavy atom. The van der Waals surface area contributed by atoms with Gasteiger partial charge in [0.2, 0.25) is 0 Å². The van der Waals surface area contributed by atoms with E-state index in [1.54, 1.807) is 0 Å². The van der Waals surface area contributed by atoms with Crippen LogP contribution in [0, 0.1) is 0 Å². The third-order valence-corrected chi connectivity index (χ3v) is 5.58. The van der Waals surface area contributed by atoms with Gasteiger partial charge in [-0.05, 0) is 46.5 Å². The number of aromatic nitrogens is 3. The number of hydrogen-bond donors (Lipinski definition) is 2. The molecule has 5 aromatic rings. The van der Waals surface area contributed by atoms with Crippen molar-refractivity contribution in [2.75, 3.05) is 0 Å². The Balaban J connectivity index is 1.63. The summed E-state index contributed by atoms with van der Waals surface area (Å²) < 4.78 is 0. The van der Waals surface area contributed by atoms with E-state index in [9.17, 15) is 0 Å². The molecule has 2 N–H and O–H groups in total. The molecule has 0 saturated heterocycles. The maximum Gasteiger partial charge on any atom is 0.0506 e. The van der Waals surface area contributed by atoms with E-state index in [4.69, 9.17) is 0 Å². The first kappa shape index (κ1) is 18.2. The highest BCUT2D eigenvalue weighted by molar-refractivity contribution is 5.45. The molecule has 3 aromatic heterocycles. The fourth-order valence-corrected chi connectivity index (χ4v) is 4.23. The molecular weight excluding hydrogens is 366 g/mol. The summed E-state index contributed by atoms with van der Waals surface area (Å²) in [5.41, 5.74) is 7.17. The molecule has 0 aliphatic heterocycles. The second kappa shape index (κ2) is 8.26. The Morgan fingerprint density at radius 2 is 0.967 bits per heavy atom. The average Bonchev–Trinajstić information content (AvgIpc) is 3.51. The molecule has 30 heavy (non-hydrogen) atoms. The minimum Gasteiger partial charge on any atom is -0.364 e. The summed E-state index contributed by atoms with van der Waals surface area (Å²) >= 11 is 0. The van der Waals surface area contributed by atoms with E-state index in [-0.39, 0.29) is 11.8 Å². The van der Waals surface area contributed by atoms with Crippen molar-refractivity contribution in [3.63, 3.8) is 0 Å². The lowest BCUT2D eigenvalue weighted by atomic mass is 9.85. The zero-order valence-corrected chi connectivity index (χ0v) is 16.6. The zero-order valence-electron chi connectivity index (χ0n) is 16.6. The van der Waals surface area contributed by atoms with Crippen molar-refractivity contribution in [1.29, 1.82) is 0 Å². The van der Waals surface area contributed by atoms with Crippen LogP contribution in [0.25, 0.3) is 0 Å². The van der Waals surface area contributed by atoms with Gasteiger partial charge >= 0.3 is 0 Å². The molecule has 0 bridgehead atoms. The quantitative estimate of drug-likeness (QED) is 0.362. The normalized spacial score (nSPS) is 13.1. The molecular formula is C27H23N3. The van der Waals surface area contributed by atoms with Gasteiger partial charge in [-0.2, -0.15) is 0 Å². The van der Waals surface area contributed by atoms with Crippen molar-refractivity contribution >= 4 is 0 Å². The van der Waals surface area contributed by atoms with Crippen LogP contribution in [0.1, 0.15) is 45.5 Å². The van der Waals surface area contributed by atoms with E-state index in [1.165, 1.54) is 22.3 Å². The summed E-state index contributed by atoms with van der Waals surface area (Å²) in [4.78, 5) is 11.5. The van der Waals surface area contributed by atoms with Crippen LogP contribution in [-0.4, -0.2) is 15.0 Å². The predicted octanol–water partition coefficient (Wildman–Crippen LogP) is 6.10. The molecule has 0 spiro atoms. The fraction of sp³-hybridized carbons (Fsp3) is 0.0741. The molecule has 2 unspecified atom stereocenters. The van der Waals surface area contributed by atoms with E-state index in [0.29, 0.717) is 0 Å². The molecule has 0 aliphatic rings. The highest BCUT2D eigenvalue weighted by atomic mass is 14.7. The third-order valence-electron chi connectivity index (χ3n) is 5.58. The maximum absolute atomic E-state index is 4.67. The van der Waals surface area contributed by atoms with Crippen molar-refractivity contribution in [3.05, 3.63) is 149 Å². The molecule has 0 saturated carbocycles. The number of pyridine rings is 1. The van der Waals surface area contributed by atoms with E-state index in [1.807, 2.05) is 36.9 Å². The Kier molecular flexibility index (Phi) is 5.01. The number of aromatic amines is 2. The summed E-state index contributed by atoms with van der Waals surface area (Å²) in [6.07, 6.45) is 7.93. The Morgan fingerprint density at radius 1 is 0.500 bits per heavy atom. The highest BCUT2D eigenvalue weighted by Crippen LogP contribution is 2.35. The summed E-state index contributed by atoms with van der Waals surface area (Å²) in [5, 5.41) is 0. The van der Waals surface area contributed by atoms with E-state index >= 15 is 0 Å². The number of nitrogens with zero attached hydrogens (tertiary/aromatic N) is 1. The lowest BCUT2D eigenvalue weighted by Crippen LogP contribution is -2.08. The van der Waals surface area contributed by atoms with E-state index < -0.39 is 0 Å². The predicted molar refractivity (Wildman–Crippen MR) is 121 cm³/mol. The van der Waals surface area contributed by atoms with Crippen LogP contribution >= 0.6 is 0 Å². The van der Waals surface area contributed by atoms with Gasteiger partial charge in [-0.1, -0.05) is 66.7 Å². The van der Waals surface area contributed by atoms with Gasteiger partial charge in [0, 0.05) is 36.2 Å². The smallest absolute Gasteiger partial charge is 0.0506 e. The van der Waals surface area contributed by atoms with Gasteiger partial charge in [0.15, 0.2) is 0 Å². The summed E-state index contributed by atoms with van der Waals surface area (Å²) in [6.45, 7) is 0. The van der Waals surface area contributed by atoms with Crippen LogP contribution in [0.3, 0.4) is 0 Å². The van der Waals surface area contributed by atoms with Gasteiger partial charge in [0.05, 0.1) is 11.8 Å². The molecule has 2 aromatic carbocycles. The first-order valence-electron chi connectivity index (χ1n) is 10.2. The maximum atomic E-state index is 4.67. The van der Waals surface area contributed by atoms with Crippen molar-refractivity contribution < 1.29 is 0 Å². The van der Waals surface area contributed by atoms with Crippen molar-refractivity contribution in [3.8, 4) is 0 Å². The molecule has 0 amide bonds. The Hall–Kier alpha value is -3.85. The third kappa shape index (κ3) is 3.58. The number of nitrogens with one attached hydrogen (secondary N) is 2. The van der Waals surface area contributed by atoms with Gasteiger partial charge in [-0.25, -0.2) is 0 Å². The van der Waals surface area contributed by atoms with E-state index in [0.717, 1.165) is 11.4 Å². The lowest BCUT2D eigenvalue weighted by molar-refractivity contribution is 0.885. The molecule has 3 nitrogen and oxygen atoms in total. The second-order valence-corrected chi connectivity index (χ2v) is 7.49. The molecule has 3 heteroatoms. The summed E-state index contributed by atoms with van der Waals surface area (Å²) in [7, 11) is 0. The monoisotopic (exact) mass is 389 g/mol. The zero-order chi connectivity index (χ0) is 20.2. The first-order chi connectivity index (χ1) is 14.9. The summed E-state index contributed by atoms with van der Waals surface area (Å²) in [6, 6.07) is 31.9. The minimum absolute atomic E-state index is 0.105. The van der Waals surface area contributed by atoms with Crippen molar-refractivity contribution in [2.45, 2.75) is 11.8 Å². The van der Waals surface area contributed by atoms with Gasteiger partial charge in [0.25, 0.3) is 0 Å². The van der Waals surface area contributed by atoms with Crippen molar-refractivity contribution in [2.24, 2.45) is 0 Å². The molecule has 5 rings (SSSR count). The minimum atomic E-state index is 0.105. The van der Waals surface area contributed by atoms with Gasteiger partial charge in [0.1, 0.15) is 0 Å². The van der Waals surface area contributed by atoms with Crippen LogP contribution < -0.4 is 0 Å². The fourth-order valence-electron chi connectivity index (χ4n) is 4.23. The van der Waals surface area contributed by atoms with Crippen molar-refractivity contribution in [1.82, 2.24) is 15.0 Å². The van der Waals surface area contributed by atoms with Crippen LogP contribution in [0.4, 0.5) is 0 Å². The molecule has 146 valence electrons. The average molecular weight is 390 g/mol. The molecule has 3 heterocycles. The lowest BCUT2D eigenvalue weighted by Gasteiger charge is -2.21. The topological polar surface area (TPSA) is 44.5 Å². The number of H-pyrrole nitrogens is 2. The summed E-state index contributed by atoms with van der Waals surface area (Å²) in [5.74, 6) is 0.211. The standard InChI is InChI=1S/C27H23N3/c1-3-9-20(10-4-1)26(24-13-7-15-29-24)22-17-23(19-28-18-22)27(25-14-8-16-30-25)21-11-5-2-6-12-21/h1-19,26-27,29-30H. The number of benzene rings is 2. The number of hydrogen-bond acceptors (Lipinski definition) is 1. The SMILES string of the molecule is c1ccc(C(c2cncc(C(c3ccccc3)c3ccc[nH]3)c2)c2ccc[nH]2)cc1. The molecule has 0 radical (unpaired) electrons. The Bertz CT molecular complexity index is 1080. The largest absolute Gasteiger partial charge is 0.364 e. The molecule has 2 atom stereocenters. The molecule has 0 fully saturated rings. The van der Waals surface area contributed by atoms with Crippen LogP contribution in [0.2, 0.25) is 0 Å². The van der Waals surface area contributed by atoms with E-state index in [2.05, 4.69) is 93.8 Å². The highest BCUT2D eigenvalue weighted by Gasteiger charge is 2.22. The van der Waals surface area contributed by atoms with Crippen LogP contribution in [-0.2, 0) is 0 Å². The number of rotatable bonds is 6. The van der Waals surface area contributed by atoms with Gasteiger partial charge in [-0.15, -0.1) is 0 Å². The first-order valence-corrected chi connectivity index (χ1v) is 10.2. The van der Waals surface area contributed by atoms with Gasteiger partial charge in [-0.3, -0.25) is 4.98 Å². The van der Waals surface area contributed by atoms with Crippen LogP contribution in [0.15, 0.2) is 116 Å². The van der Waals surface area contributed by atoms with Gasteiger partial charge < -0.3 is 9.97 Å².